The highest BCUT2D eigenvalue weighted by atomic mass is 19.3. The van der Waals surface area contributed by atoms with E-state index in [0.717, 1.165) is 0 Å². The first-order chi connectivity index (χ1) is 11.0. The number of nitrogens with one attached hydrogen (secondary N) is 1. The maximum Gasteiger partial charge on any atom is 0.410 e. The molecule has 1 saturated heterocycles. The molecule has 0 spiro atoms. The van der Waals surface area contributed by atoms with Crippen LogP contribution in [-0.4, -0.2) is 69.7 Å². The Morgan fingerprint density at radius 2 is 1.70 bits per heavy atom. The molecule has 3 atom stereocenters. The normalized spacial score (nSPS) is 28.1. The highest BCUT2D eigenvalue weighted by molar-refractivity contribution is 5.68. The van der Waals surface area contributed by atoms with Crippen LogP contribution in [0.4, 0.5) is 22.4 Å². The van der Waals surface area contributed by atoms with Gasteiger partial charge in [0.25, 0.3) is 0 Å². The highest BCUT2D eigenvalue weighted by Gasteiger charge is 2.45. The van der Waals surface area contributed by atoms with Gasteiger partial charge in [0.15, 0.2) is 0 Å². The van der Waals surface area contributed by atoms with E-state index in [2.05, 4.69) is 14.8 Å². The molecule has 10 heteroatoms. The molecule has 134 valence electrons. The largest absolute Gasteiger partial charge is 0.446 e. The zero-order valence-electron chi connectivity index (χ0n) is 12.4. The number of carbonyl (C=O) groups excluding carboxylic acids is 1. The quantitative estimate of drug-likeness (QED) is 0.710. The van der Waals surface area contributed by atoms with Gasteiger partial charge in [-0.3, -0.25) is 0 Å². The predicted octanol–water partition coefficient (Wildman–Crippen LogP) is 1.51. The number of halogens is 4. The van der Waals surface area contributed by atoms with Gasteiger partial charge in [-0.2, -0.15) is 17.6 Å². The third-order valence-corrected chi connectivity index (χ3v) is 4.10. The van der Waals surface area contributed by atoms with Crippen LogP contribution in [0, 0.1) is 11.8 Å². The molecular weight excluding hydrogens is 324 g/mol. The number of nitrogens with zero attached hydrogens (tertiary/aromatic N) is 1. The summed E-state index contributed by atoms with van der Waals surface area (Å²) >= 11 is 0. The van der Waals surface area contributed by atoms with Gasteiger partial charge in [-0.25, -0.2) is 4.79 Å². The fraction of sp³-hybridized carbons (Fsp3) is 0.923. The van der Waals surface area contributed by atoms with Crippen molar-refractivity contribution in [3.05, 3.63) is 0 Å². The SMILES string of the molecule is O=C(OC1CC(COC(F)F)[C@H]1COC(F)F)N1CCNCC1. The third kappa shape index (κ3) is 5.47. The van der Waals surface area contributed by atoms with E-state index in [1.807, 2.05) is 0 Å². The Morgan fingerprint density at radius 3 is 2.30 bits per heavy atom. The Balaban J connectivity index is 1.82. The summed E-state index contributed by atoms with van der Waals surface area (Å²) < 4.78 is 62.3. The molecule has 0 aromatic heterocycles. The first kappa shape index (κ1) is 18.2. The van der Waals surface area contributed by atoms with Crippen molar-refractivity contribution in [2.24, 2.45) is 11.8 Å². The maximum atomic E-state index is 12.2. The van der Waals surface area contributed by atoms with Crippen LogP contribution < -0.4 is 5.32 Å². The molecule has 0 aromatic carbocycles. The van der Waals surface area contributed by atoms with E-state index in [9.17, 15) is 22.4 Å². The van der Waals surface area contributed by atoms with Gasteiger partial charge in [-0.15, -0.1) is 0 Å². The Morgan fingerprint density at radius 1 is 1.09 bits per heavy atom. The summed E-state index contributed by atoms with van der Waals surface area (Å²) in [5, 5.41) is 3.09. The lowest BCUT2D eigenvalue weighted by Crippen LogP contribution is -2.52. The number of carbonyl (C=O) groups is 1. The Kier molecular flexibility index (Phi) is 6.85. The van der Waals surface area contributed by atoms with Crippen molar-refractivity contribution in [3.8, 4) is 0 Å². The van der Waals surface area contributed by atoms with Gasteiger partial charge in [0, 0.05) is 32.1 Å². The van der Waals surface area contributed by atoms with Crippen molar-refractivity contribution in [1.29, 1.82) is 0 Å². The summed E-state index contributed by atoms with van der Waals surface area (Å²) in [7, 11) is 0. The summed E-state index contributed by atoms with van der Waals surface area (Å²) in [6, 6.07) is 0. The first-order valence-corrected chi connectivity index (χ1v) is 7.43. The minimum Gasteiger partial charge on any atom is -0.446 e. The molecule has 2 aliphatic rings. The van der Waals surface area contributed by atoms with Gasteiger partial charge in [0.05, 0.1) is 13.2 Å². The van der Waals surface area contributed by atoms with Crippen LogP contribution in [0.1, 0.15) is 6.42 Å². The van der Waals surface area contributed by atoms with E-state index in [1.54, 1.807) is 0 Å². The zero-order chi connectivity index (χ0) is 16.8. The summed E-state index contributed by atoms with van der Waals surface area (Å²) in [5.74, 6) is -0.974. The van der Waals surface area contributed by atoms with Crippen molar-refractivity contribution >= 4 is 6.09 Å². The van der Waals surface area contributed by atoms with Crippen LogP contribution in [0.2, 0.25) is 0 Å². The molecule has 1 saturated carbocycles. The number of piperazine rings is 1. The maximum absolute atomic E-state index is 12.2. The van der Waals surface area contributed by atoms with Crippen LogP contribution in [0.3, 0.4) is 0 Å². The van der Waals surface area contributed by atoms with Crippen LogP contribution in [0.25, 0.3) is 0 Å². The molecule has 1 heterocycles. The van der Waals surface area contributed by atoms with Gasteiger partial charge in [-0.1, -0.05) is 0 Å². The minimum absolute atomic E-state index is 0.281. The number of hydrogen-bond acceptors (Lipinski definition) is 5. The number of alkyl halides is 4. The standard InChI is InChI=1S/C13H20F4N2O4/c14-11(15)21-6-8-5-10(9(8)7-22-12(16)17)23-13(20)19-3-1-18-2-4-19/h8-12,18H,1-7H2/t8?,9-,10?/m1/s1. The van der Waals surface area contributed by atoms with E-state index in [4.69, 9.17) is 4.74 Å². The second kappa shape index (κ2) is 8.65. The number of hydrogen-bond donors (Lipinski definition) is 1. The van der Waals surface area contributed by atoms with Crippen LogP contribution in [0.5, 0.6) is 0 Å². The van der Waals surface area contributed by atoms with Gasteiger partial charge >= 0.3 is 19.3 Å². The first-order valence-electron chi connectivity index (χ1n) is 7.43. The molecule has 0 radical (unpaired) electrons. The molecule has 23 heavy (non-hydrogen) atoms. The summed E-state index contributed by atoms with van der Waals surface area (Å²) in [6.45, 7) is -4.22. The van der Waals surface area contributed by atoms with Crippen molar-refractivity contribution in [2.45, 2.75) is 25.7 Å². The van der Waals surface area contributed by atoms with Crippen LogP contribution in [0.15, 0.2) is 0 Å². The van der Waals surface area contributed by atoms with Crippen molar-refractivity contribution in [1.82, 2.24) is 10.2 Å². The van der Waals surface area contributed by atoms with Crippen LogP contribution in [-0.2, 0) is 14.2 Å². The molecule has 0 bridgehead atoms. The lowest BCUT2D eigenvalue weighted by molar-refractivity contribution is -0.197. The Hall–Kier alpha value is -1.13. The lowest BCUT2D eigenvalue weighted by atomic mass is 9.71. The van der Waals surface area contributed by atoms with E-state index in [0.29, 0.717) is 32.6 Å². The topological polar surface area (TPSA) is 60.0 Å². The van der Waals surface area contributed by atoms with Gasteiger partial charge < -0.3 is 24.4 Å². The van der Waals surface area contributed by atoms with E-state index in [-0.39, 0.29) is 13.2 Å². The third-order valence-electron chi connectivity index (χ3n) is 4.10. The molecule has 1 N–H and O–H groups in total. The fourth-order valence-electron chi connectivity index (χ4n) is 2.76. The van der Waals surface area contributed by atoms with Gasteiger partial charge in [0.1, 0.15) is 6.10 Å². The number of ether oxygens (including phenoxy) is 3. The molecular formula is C13H20F4N2O4. The smallest absolute Gasteiger partial charge is 0.410 e. The summed E-state index contributed by atoms with van der Waals surface area (Å²) in [5.41, 5.74) is 0. The van der Waals surface area contributed by atoms with Gasteiger partial charge in [-0.05, 0) is 12.3 Å². The van der Waals surface area contributed by atoms with Crippen molar-refractivity contribution < 1.29 is 36.6 Å². The fourth-order valence-corrected chi connectivity index (χ4v) is 2.76. The molecule has 2 unspecified atom stereocenters. The monoisotopic (exact) mass is 344 g/mol. The second-order valence-electron chi connectivity index (χ2n) is 5.51. The molecule has 1 amide bonds. The van der Waals surface area contributed by atoms with Crippen molar-refractivity contribution in [2.75, 3.05) is 39.4 Å². The number of rotatable bonds is 7. The average Bonchev–Trinajstić information content (AvgIpc) is 2.50. The molecule has 1 aliphatic carbocycles. The van der Waals surface area contributed by atoms with Crippen molar-refractivity contribution in [3.63, 3.8) is 0 Å². The van der Waals surface area contributed by atoms with Crippen LogP contribution >= 0.6 is 0 Å². The predicted molar refractivity (Wildman–Crippen MR) is 70.2 cm³/mol. The summed E-state index contributed by atoms with van der Waals surface area (Å²) in [4.78, 5) is 13.5. The van der Waals surface area contributed by atoms with E-state index in [1.165, 1.54) is 4.90 Å². The Bertz CT molecular complexity index is 383. The highest BCUT2D eigenvalue weighted by Crippen LogP contribution is 2.38. The molecule has 1 aliphatic heterocycles. The number of amides is 1. The molecule has 6 nitrogen and oxygen atoms in total. The van der Waals surface area contributed by atoms with E-state index < -0.39 is 37.3 Å². The van der Waals surface area contributed by atoms with E-state index >= 15 is 0 Å². The molecule has 0 aromatic rings. The molecule has 2 rings (SSSR count). The molecule has 2 fully saturated rings. The second-order valence-corrected chi connectivity index (χ2v) is 5.51. The summed E-state index contributed by atoms with van der Waals surface area (Å²) in [6.07, 6.45) is -0.851. The zero-order valence-corrected chi connectivity index (χ0v) is 12.4. The van der Waals surface area contributed by atoms with Gasteiger partial charge in [0.2, 0.25) is 0 Å². The average molecular weight is 344 g/mol. The lowest BCUT2D eigenvalue weighted by Gasteiger charge is -2.44. The Labute approximate surface area is 131 Å². The minimum atomic E-state index is -2.96.